The molecule has 0 saturated carbocycles. The fraction of sp³-hybridized carbons (Fsp3) is 0.462. The van der Waals surface area contributed by atoms with Gasteiger partial charge < -0.3 is 10.4 Å². The van der Waals surface area contributed by atoms with Gasteiger partial charge in [-0.15, -0.1) is 0 Å². The van der Waals surface area contributed by atoms with Gasteiger partial charge in [0.2, 0.25) is 5.91 Å². The van der Waals surface area contributed by atoms with Crippen molar-refractivity contribution in [3.8, 4) is 0 Å². The molecular formula is C13H18FNO2. The smallest absolute Gasteiger partial charge is 0.230 e. The molecule has 2 N–H and O–H groups in total. The molecule has 0 saturated heterocycles. The highest BCUT2D eigenvalue weighted by Crippen LogP contribution is 2.23. The van der Waals surface area contributed by atoms with Gasteiger partial charge in [-0.3, -0.25) is 4.79 Å². The van der Waals surface area contributed by atoms with Crippen molar-refractivity contribution in [2.75, 3.05) is 6.61 Å². The Morgan fingerprint density at radius 1 is 1.41 bits per heavy atom. The monoisotopic (exact) mass is 239 g/mol. The molecule has 0 unspecified atom stereocenters. The van der Waals surface area contributed by atoms with E-state index in [2.05, 4.69) is 5.32 Å². The second kappa shape index (κ2) is 5.27. The molecule has 1 rings (SSSR count). The topological polar surface area (TPSA) is 49.3 Å². The predicted octanol–water partition coefficient (Wildman–Crippen LogP) is 1.60. The Bertz CT molecular complexity index is 387. The van der Waals surface area contributed by atoms with Crippen LogP contribution in [0.5, 0.6) is 0 Å². The number of nitrogens with one attached hydrogen (secondary N) is 1. The Morgan fingerprint density at radius 2 is 1.94 bits per heavy atom. The van der Waals surface area contributed by atoms with Crippen molar-refractivity contribution in [2.24, 2.45) is 0 Å². The van der Waals surface area contributed by atoms with E-state index in [-0.39, 0.29) is 24.4 Å². The second-order valence-corrected chi connectivity index (χ2v) is 4.69. The Kier molecular flexibility index (Phi) is 4.23. The van der Waals surface area contributed by atoms with Gasteiger partial charge in [0.25, 0.3) is 0 Å². The maximum Gasteiger partial charge on any atom is 0.230 e. The van der Waals surface area contributed by atoms with Crippen molar-refractivity contribution in [1.82, 2.24) is 5.32 Å². The molecule has 1 amide bonds. The average molecular weight is 239 g/mol. The summed E-state index contributed by atoms with van der Waals surface area (Å²) in [4.78, 5) is 12.0. The van der Waals surface area contributed by atoms with Crippen LogP contribution in [-0.2, 0) is 10.2 Å². The van der Waals surface area contributed by atoms with Gasteiger partial charge in [0, 0.05) is 6.04 Å². The molecule has 0 spiro atoms. The van der Waals surface area contributed by atoms with Crippen molar-refractivity contribution in [1.29, 1.82) is 0 Å². The van der Waals surface area contributed by atoms with Crippen molar-refractivity contribution in [3.05, 3.63) is 35.6 Å². The van der Waals surface area contributed by atoms with E-state index < -0.39 is 5.41 Å². The first-order chi connectivity index (χ1) is 7.87. The zero-order valence-corrected chi connectivity index (χ0v) is 10.3. The van der Waals surface area contributed by atoms with E-state index in [1.165, 1.54) is 12.1 Å². The van der Waals surface area contributed by atoms with Crippen LogP contribution in [0.1, 0.15) is 26.3 Å². The molecule has 0 bridgehead atoms. The zero-order valence-electron chi connectivity index (χ0n) is 10.3. The summed E-state index contributed by atoms with van der Waals surface area (Å²) in [5, 5.41) is 11.6. The molecule has 0 fully saturated rings. The van der Waals surface area contributed by atoms with Gasteiger partial charge in [-0.05, 0) is 38.5 Å². The van der Waals surface area contributed by atoms with E-state index in [1.807, 2.05) is 0 Å². The molecule has 4 heteroatoms. The summed E-state index contributed by atoms with van der Waals surface area (Å²) < 4.78 is 12.8. The maximum absolute atomic E-state index is 12.8. The molecular weight excluding hydrogens is 221 g/mol. The van der Waals surface area contributed by atoms with Crippen LogP contribution in [0, 0.1) is 5.82 Å². The van der Waals surface area contributed by atoms with E-state index in [1.54, 1.807) is 32.9 Å². The second-order valence-electron chi connectivity index (χ2n) is 4.69. The SMILES string of the molecule is C[C@H](CO)NC(=O)C(C)(C)c1ccc(F)cc1. The third-order valence-corrected chi connectivity index (χ3v) is 2.78. The summed E-state index contributed by atoms with van der Waals surface area (Å²) in [6.07, 6.45) is 0. The van der Waals surface area contributed by atoms with Crippen LogP contribution in [-0.4, -0.2) is 23.7 Å². The number of halogens is 1. The van der Waals surface area contributed by atoms with Crippen LogP contribution in [0.4, 0.5) is 4.39 Å². The normalized spacial score (nSPS) is 13.2. The van der Waals surface area contributed by atoms with Gasteiger partial charge in [0.05, 0.1) is 12.0 Å². The van der Waals surface area contributed by atoms with Crippen LogP contribution < -0.4 is 5.32 Å². The minimum Gasteiger partial charge on any atom is -0.394 e. The minimum absolute atomic E-state index is 0.106. The maximum atomic E-state index is 12.8. The first-order valence-electron chi connectivity index (χ1n) is 5.55. The van der Waals surface area contributed by atoms with Crippen LogP contribution in [0.3, 0.4) is 0 Å². The number of benzene rings is 1. The number of hydrogen-bond donors (Lipinski definition) is 2. The van der Waals surface area contributed by atoms with Crippen LogP contribution in [0.25, 0.3) is 0 Å². The molecule has 0 aliphatic heterocycles. The largest absolute Gasteiger partial charge is 0.394 e. The molecule has 0 aromatic heterocycles. The minimum atomic E-state index is -0.753. The lowest BCUT2D eigenvalue weighted by Gasteiger charge is -2.26. The number of aliphatic hydroxyl groups is 1. The number of aliphatic hydroxyl groups excluding tert-OH is 1. The van der Waals surface area contributed by atoms with Crippen LogP contribution >= 0.6 is 0 Å². The van der Waals surface area contributed by atoms with Crippen molar-refractivity contribution in [3.63, 3.8) is 0 Å². The van der Waals surface area contributed by atoms with E-state index >= 15 is 0 Å². The first-order valence-corrected chi connectivity index (χ1v) is 5.55. The summed E-state index contributed by atoms with van der Waals surface area (Å²) >= 11 is 0. The summed E-state index contributed by atoms with van der Waals surface area (Å²) in [6.45, 7) is 5.14. The number of carbonyl (C=O) groups is 1. The first kappa shape index (κ1) is 13.6. The van der Waals surface area contributed by atoms with Gasteiger partial charge >= 0.3 is 0 Å². The Hall–Kier alpha value is -1.42. The van der Waals surface area contributed by atoms with Crippen molar-refractivity contribution < 1.29 is 14.3 Å². The predicted molar refractivity (Wildman–Crippen MR) is 64.1 cm³/mol. The standard InChI is InChI=1S/C13H18FNO2/c1-9(8-16)15-12(17)13(2,3)10-4-6-11(14)7-5-10/h4-7,9,16H,8H2,1-3H3,(H,15,17)/t9-/m1/s1. The van der Waals surface area contributed by atoms with Crippen LogP contribution in [0.15, 0.2) is 24.3 Å². The third kappa shape index (κ3) is 3.27. The van der Waals surface area contributed by atoms with Crippen molar-refractivity contribution in [2.45, 2.75) is 32.2 Å². The molecule has 1 aromatic rings. The van der Waals surface area contributed by atoms with Crippen LogP contribution in [0.2, 0.25) is 0 Å². The lowest BCUT2D eigenvalue weighted by Crippen LogP contribution is -2.45. The fourth-order valence-corrected chi connectivity index (χ4v) is 1.45. The summed E-state index contributed by atoms with van der Waals surface area (Å²) in [5.41, 5.74) is -0.0153. The van der Waals surface area contributed by atoms with Gasteiger partial charge in [-0.1, -0.05) is 12.1 Å². The fourth-order valence-electron chi connectivity index (χ4n) is 1.45. The van der Waals surface area contributed by atoms with E-state index in [4.69, 9.17) is 5.11 Å². The molecule has 94 valence electrons. The molecule has 3 nitrogen and oxygen atoms in total. The van der Waals surface area contributed by atoms with E-state index in [0.29, 0.717) is 0 Å². The van der Waals surface area contributed by atoms with Gasteiger partial charge in [0.15, 0.2) is 0 Å². The van der Waals surface area contributed by atoms with Gasteiger partial charge in [0.1, 0.15) is 5.82 Å². The molecule has 0 aliphatic carbocycles. The zero-order chi connectivity index (χ0) is 13.1. The highest BCUT2D eigenvalue weighted by Gasteiger charge is 2.30. The van der Waals surface area contributed by atoms with E-state index in [9.17, 15) is 9.18 Å². The lowest BCUT2D eigenvalue weighted by atomic mass is 9.83. The number of amides is 1. The Balaban J connectivity index is 2.86. The Morgan fingerprint density at radius 3 is 2.41 bits per heavy atom. The lowest BCUT2D eigenvalue weighted by molar-refractivity contribution is -0.126. The molecule has 0 radical (unpaired) electrons. The van der Waals surface area contributed by atoms with E-state index in [0.717, 1.165) is 5.56 Å². The summed E-state index contributed by atoms with van der Waals surface area (Å²) in [5.74, 6) is -0.514. The summed E-state index contributed by atoms with van der Waals surface area (Å²) in [6, 6.07) is 5.57. The van der Waals surface area contributed by atoms with Crippen molar-refractivity contribution >= 4 is 5.91 Å². The highest BCUT2D eigenvalue weighted by molar-refractivity contribution is 5.87. The Labute approximate surface area is 101 Å². The summed E-state index contributed by atoms with van der Waals surface area (Å²) in [7, 11) is 0. The number of rotatable bonds is 4. The molecule has 1 aromatic carbocycles. The number of hydrogen-bond acceptors (Lipinski definition) is 2. The highest BCUT2D eigenvalue weighted by atomic mass is 19.1. The molecule has 0 aliphatic rings. The van der Waals surface area contributed by atoms with Gasteiger partial charge in [-0.2, -0.15) is 0 Å². The quantitative estimate of drug-likeness (QED) is 0.838. The number of carbonyl (C=O) groups excluding carboxylic acids is 1. The third-order valence-electron chi connectivity index (χ3n) is 2.78. The molecule has 0 heterocycles. The van der Waals surface area contributed by atoms with Gasteiger partial charge in [-0.25, -0.2) is 4.39 Å². The molecule has 17 heavy (non-hydrogen) atoms. The molecule has 1 atom stereocenters. The average Bonchev–Trinajstić information content (AvgIpc) is 2.29.